The summed E-state index contributed by atoms with van der Waals surface area (Å²) in [5.74, 6) is 2.63. The quantitative estimate of drug-likeness (QED) is 0.664. The monoisotopic (exact) mass is 271 g/mol. The predicted octanol–water partition coefficient (Wildman–Crippen LogP) is 4.86. The maximum absolute atomic E-state index is 3.77. The molecule has 0 heterocycles. The van der Waals surface area contributed by atoms with Gasteiger partial charge in [-0.25, -0.2) is 0 Å². The Balaban J connectivity index is 2.41. The van der Waals surface area contributed by atoms with E-state index in [9.17, 15) is 0 Å². The molecule has 0 unspecified atom stereocenters. The Kier molecular flexibility index (Phi) is 7.08. The van der Waals surface area contributed by atoms with Gasteiger partial charge in [-0.15, -0.1) is 0 Å². The molecular formula is C16H33NS. The topological polar surface area (TPSA) is 12.0 Å². The maximum atomic E-state index is 3.77. The molecule has 0 bridgehead atoms. The molecule has 108 valence electrons. The zero-order valence-corrected chi connectivity index (χ0v) is 13.8. The van der Waals surface area contributed by atoms with Crippen LogP contribution in [0.2, 0.25) is 0 Å². The van der Waals surface area contributed by atoms with Crippen LogP contribution in [-0.2, 0) is 0 Å². The summed E-state index contributed by atoms with van der Waals surface area (Å²) in [4.78, 5) is 0. The fraction of sp³-hybridized carbons (Fsp3) is 1.00. The Hall–Kier alpha value is 0.310. The zero-order chi connectivity index (χ0) is 13.5. The van der Waals surface area contributed by atoms with E-state index in [0.29, 0.717) is 5.41 Å². The van der Waals surface area contributed by atoms with Gasteiger partial charge in [0.15, 0.2) is 0 Å². The fourth-order valence-corrected chi connectivity index (χ4v) is 3.60. The molecule has 0 aromatic heterocycles. The third-order valence-corrected chi connectivity index (χ3v) is 5.09. The molecule has 0 saturated heterocycles. The van der Waals surface area contributed by atoms with Gasteiger partial charge in [0.05, 0.1) is 0 Å². The standard InChI is InChI=1S/C16H33NS/c1-5-18-13-9-12-16(10-7-6-8-11-16)14-17-15(2,3)4/h17H,5-14H2,1-4H3. The van der Waals surface area contributed by atoms with Crippen molar-refractivity contribution in [3.8, 4) is 0 Å². The normalized spacial score (nSPS) is 20.0. The number of hydrogen-bond donors (Lipinski definition) is 1. The van der Waals surface area contributed by atoms with Crippen molar-refractivity contribution in [1.82, 2.24) is 5.32 Å². The molecule has 1 fully saturated rings. The van der Waals surface area contributed by atoms with Crippen molar-refractivity contribution in [3.05, 3.63) is 0 Å². The Labute approximate surface area is 119 Å². The van der Waals surface area contributed by atoms with Crippen LogP contribution in [0.3, 0.4) is 0 Å². The number of nitrogens with one attached hydrogen (secondary N) is 1. The van der Waals surface area contributed by atoms with Crippen LogP contribution >= 0.6 is 11.8 Å². The molecule has 1 N–H and O–H groups in total. The summed E-state index contributed by atoms with van der Waals surface area (Å²) in [5, 5.41) is 3.77. The molecule has 2 heteroatoms. The summed E-state index contributed by atoms with van der Waals surface area (Å²) in [7, 11) is 0. The summed E-state index contributed by atoms with van der Waals surface area (Å²) in [6.45, 7) is 10.4. The molecule has 18 heavy (non-hydrogen) atoms. The SMILES string of the molecule is CCSCCCC1(CNC(C)(C)C)CCCCC1. The molecule has 1 rings (SSSR count). The molecule has 1 aliphatic carbocycles. The van der Waals surface area contributed by atoms with Crippen molar-refractivity contribution in [3.63, 3.8) is 0 Å². The molecule has 0 aromatic rings. The van der Waals surface area contributed by atoms with Crippen molar-refractivity contribution in [2.75, 3.05) is 18.1 Å². The molecule has 0 radical (unpaired) electrons. The second-order valence-corrected chi connectivity index (χ2v) is 8.36. The average molecular weight is 272 g/mol. The van der Waals surface area contributed by atoms with Crippen molar-refractivity contribution in [1.29, 1.82) is 0 Å². The largest absolute Gasteiger partial charge is 0.312 e. The Morgan fingerprint density at radius 3 is 2.33 bits per heavy atom. The first-order valence-electron chi connectivity index (χ1n) is 7.80. The van der Waals surface area contributed by atoms with E-state index in [1.807, 2.05) is 0 Å². The van der Waals surface area contributed by atoms with Gasteiger partial charge in [-0.3, -0.25) is 0 Å². The smallest absolute Gasteiger partial charge is 0.00967 e. The summed E-state index contributed by atoms with van der Waals surface area (Å²) in [6.07, 6.45) is 10.1. The highest BCUT2D eigenvalue weighted by Gasteiger charge is 2.32. The van der Waals surface area contributed by atoms with Crippen LogP contribution in [0.25, 0.3) is 0 Å². The van der Waals surface area contributed by atoms with E-state index >= 15 is 0 Å². The van der Waals surface area contributed by atoms with E-state index < -0.39 is 0 Å². The van der Waals surface area contributed by atoms with Crippen molar-refractivity contribution in [2.24, 2.45) is 5.41 Å². The van der Waals surface area contributed by atoms with Gasteiger partial charge in [0, 0.05) is 12.1 Å². The summed E-state index contributed by atoms with van der Waals surface area (Å²) >= 11 is 2.10. The van der Waals surface area contributed by atoms with Crippen molar-refractivity contribution in [2.45, 2.75) is 78.2 Å². The van der Waals surface area contributed by atoms with Crippen LogP contribution in [0.1, 0.15) is 72.6 Å². The molecular weight excluding hydrogens is 238 g/mol. The Morgan fingerprint density at radius 2 is 1.78 bits per heavy atom. The lowest BCUT2D eigenvalue weighted by molar-refractivity contribution is 0.152. The summed E-state index contributed by atoms with van der Waals surface area (Å²) < 4.78 is 0. The van der Waals surface area contributed by atoms with E-state index in [4.69, 9.17) is 0 Å². The summed E-state index contributed by atoms with van der Waals surface area (Å²) in [6, 6.07) is 0. The molecule has 1 saturated carbocycles. The van der Waals surface area contributed by atoms with Gasteiger partial charge in [-0.05, 0) is 63.4 Å². The predicted molar refractivity (Wildman–Crippen MR) is 85.5 cm³/mol. The number of rotatable bonds is 7. The molecule has 1 aliphatic rings. The third kappa shape index (κ3) is 6.47. The lowest BCUT2D eigenvalue weighted by Gasteiger charge is -2.40. The van der Waals surface area contributed by atoms with Crippen LogP contribution in [0.5, 0.6) is 0 Å². The van der Waals surface area contributed by atoms with E-state index in [-0.39, 0.29) is 5.54 Å². The Bertz CT molecular complexity index is 214. The lowest BCUT2D eigenvalue weighted by Crippen LogP contribution is -2.44. The van der Waals surface area contributed by atoms with Gasteiger partial charge < -0.3 is 5.32 Å². The van der Waals surface area contributed by atoms with Gasteiger partial charge in [0.1, 0.15) is 0 Å². The van der Waals surface area contributed by atoms with Gasteiger partial charge in [0.25, 0.3) is 0 Å². The first-order valence-corrected chi connectivity index (χ1v) is 8.96. The molecule has 1 nitrogen and oxygen atoms in total. The molecule has 0 aliphatic heterocycles. The van der Waals surface area contributed by atoms with Crippen LogP contribution in [0, 0.1) is 5.41 Å². The van der Waals surface area contributed by atoms with E-state index in [0.717, 1.165) is 0 Å². The third-order valence-electron chi connectivity index (χ3n) is 4.11. The average Bonchev–Trinajstić information content (AvgIpc) is 2.33. The van der Waals surface area contributed by atoms with Crippen LogP contribution in [-0.4, -0.2) is 23.6 Å². The number of hydrogen-bond acceptors (Lipinski definition) is 2. The molecule has 0 aromatic carbocycles. The van der Waals surface area contributed by atoms with E-state index in [1.165, 1.54) is 63.0 Å². The first-order chi connectivity index (χ1) is 8.47. The Morgan fingerprint density at radius 1 is 1.11 bits per heavy atom. The van der Waals surface area contributed by atoms with Crippen molar-refractivity contribution >= 4 is 11.8 Å². The highest BCUT2D eigenvalue weighted by molar-refractivity contribution is 7.99. The number of thioether (sulfide) groups is 1. The zero-order valence-electron chi connectivity index (χ0n) is 13.0. The lowest BCUT2D eigenvalue weighted by atomic mass is 9.71. The van der Waals surface area contributed by atoms with Gasteiger partial charge in [-0.2, -0.15) is 11.8 Å². The summed E-state index contributed by atoms with van der Waals surface area (Å²) in [5.41, 5.74) is 0.877. The van der Waals surface area contributed by atoms with Gasteiger partial charge in [-0.1, -0.05) is 26.2 Å². The minimum Gasteiger partial charge on any atom is -0.312 e. The molecule has 0 spiro atoms. The second kappa shape index (κ2) is 7.79. The van der Waals surface area contributed by atoms with Crippen LogP contribution in [0.15, 0.2) is 0 Å². The minimum atomic E-state index is 0.266. The first kappa shape index (κ1) is 16.4. The molecule has 0 amide bonds. The highest BCUT2D eigenvalue weighted by Crippen LogP contribution is 2.40. The fourth-order valence-electron chi connectivity index (χ4n) is 2.96. The highest BCUT2D eigenvalue weighted by atomic mass is 32.2. The van der Waals surface area contributed by atoms with Crippen LogP contribution in [0.4, 0.5) is 0 Å². The van der Waals surface area contributed by atoms with Crippen LogP contribution < -0.4 is 5.32 Å². The second-order valence-electron chi connectivity index (χ2n) is 6.96. The van der Waals surface area contributed by atoms with E-state index in [1.54, 1.807) is 0 Å². The minimum absolute atomic E-state index is 0.266. The van der Waals surface area contributed by atoms with E-state index in [2.05, 4.69) is 44.8 Å². The van der Waals surface area contributed by atoms with Gasteiger partial charge >= 0.3 is 0 Å². The molecule has 0 atom stereocenters. The van der Waals surface area contributed by atoms with Crippen molar-refractivity contribution < 1.29 is 0 Å². The van der Waals surface area contributed by atoms with Gasteiger partial charge in [0.2, 0.25) is 0 Å². The maximum Gasteiger partial charge on any atom is 0.00967 e.